The van der Waals surface area contributed by atoms with Gasteiger partial charge in [-0.15, -0.1) is 0 Å². The van der Waals surface area contributed by atoms with Crippen LogP contribution in [0.3, 0.4) is 0 Å². The van der Waals surface area contributed by atoms with Gasteiger partial charge in [0.1, 0.15) is 5.75 Å². The largest absolute Gasteiger partial charge is 0.495 e. The zero-order valence-electron chi connectivity index (χ0n) is 15.0. The van der Waals surface area contributed by atoms with Crippen molar-refractivity contribution >= 4 is 17.4 Å². The van der Waals surface area contributed by atoms with Gasteiger partial charge in [-0.2, -0.15) is 0 Å². The Morgan fingerprint density at radius 3 is 2.00 bits per heavy atom. The van der Waals surface area contributed by atoms with Gasteiger partial charge >= 0.3 is 6.03 Å². The molecular formula is C20H26N2O2. The quantitative estimate of drug-likeness (QED) is 0.753. The Hall–Kier alpha value is -2.49. The van der Waals surface area contributed by atoms with Crippen molar-refractivity contribution in [1.29, 1.82) is 0 Å². The zero-order valence-corrected chi connectivity index (χ0v) is 15.0. The zero-order chi connectivity index (χ0) is 17.7. The fraction of sp³-hybridized carbons (Fsp3) is 0.350. The van der Waals surface area contributed by atoms with Crippen molar-refractivity contribution in [2.75, 3.05) is 17.7 Å². The molecule has 0 bridgehead atoms. The van der Waals surface area contributed by atoms with Crippen LogP contribution >= 0.6 is 0 Å². The molecule has 0 aromatic heterocycles. The van der Waals surface area contributed by atoms with E-state index in [1.54, 1.807) is 7.11 Å². The van der Waals surface area contributed by atoms with E-state index < -0.39 is 0 Å². The van der Waals surface area contributed by atoms with Gasteiger partial charge < -0.3 is 15.4 Å². The monoisotopic (exact) mass is 326 g/mol. The Morgan fingerprint density at radius 1 is 0.875 bits per heavy atom. The van der Waals surface area contributed by atoms with Crippen molar-refractivity contribution in [1.82, 2.24) is 0 Å². The molecule has 0 heterocycles. The number of benzene rings is 2. The van der Waals surface area contributed by atoms with Crippen LogP contribution in [0, 0.1) is 0 Å². The molecule has 0 saturated heterocycles. The second-order valence-electron chi connectivity index (χ2n) is 6.40. The van der Waals surface area contributed by atoms with Gasteiger partial charge in [-0.3, -0.25) is 0 Å². The van der Waals surface area contributed by atoms with E-state index in [1.807, 2.05) is 30.3 Å². The maximum atomic E-state index is 12.5. The number of anilines is 2. The molecule has 128 valence electrons. The van der Waals surface area contributed by atoms with Gasteiger partial charge in [0.25, 0.3) is 0 Å². The fourth-order valence-corrected chi connectivity index (χ4v) is 2.71. The highest BCUT2D eigenvalue weighted by atomic mass is 16.5. The van der Waals surface area contributed by atoms with Crippen molar-refractivity contribution < 1.29 is 9.53 Å². The maximum absolute atomic E-state index is 12.5. The van der Waals surface area contributed by atoms with E-state index in [0.717, 1.165) is 16.8 Å². The molecule has 24 heavy (non-hydrogen) atoms. The first-order valence-electron chi connectivity index (χ1n) is 8.27. The summed E-state index contributed by atoms with van der Waals surface area (Å²) in [5.41, 5.74) is 3.81. The molecule has 4 heteroatoms. The van der Waals surface area contributed by atoms with Crippen LogP contribution in [-0.2, 0) is 0 Å². The van der Waals surface area contributed by atoms with E-state index in [9.17, 15) is 4.79 Å². The number of para-hydroxylation sites is 3. The Balaban J connectivity index is 2.28. The number of hydrogen-bond acceptors (Lipinski definition) is 2. The molecule has 2 N–H and O–H groups in total. The average molecular weight is 326 g/mol. The van der Waals surface area contributed by atoms with Crippen LogP contribution in [-0.4, -0.2) is 13.1 Å². The third kappa shape index (κ3) is 4.07. The summed E-state index contributed by atoms with van der Waals surface area (Å²) < 4.78 is 5.28. The molecule has 0 aliphatic heterocycles. The molecule has 0 atom stereocenters. The number of urea groups is 1. The number of carbonyl (C=O) groups excluding carboxylic acids is 1. The first kappa shape index (κ1) is 17.9. The minimum absolute atomic E-state index is 0.269. The topological polar surface area (TPSA) is 50.4 Å². The molecule has 4 nitrogen and oxygen atoms in total. The SMILES string of the molecule is COc1ccccc1NC(=O)Nc1c(C(C)C)cccc1C(C)C. The number of methoxy groups -OCH3 is 1. The third-order valence-corrected chi connectivity index (χ3v) is 3.97. The molecule has 0 fully saturated rings. The molecule has 0 unspecified atom stereocenters. The number of nitrogens with one attached hydrogen (secondary N) is 2. The second kappa shape index (κ2) is 7.86. The normalized spacial score (nSPS) is 10.8. The molecule has 0 spiro atoms. The Bertz CT molecular complexity index is 682. The van der Waals surface area contributed by atoms with E-state index in [2.05, 4.69) is 50.5 Å². The van der Waals surface area contributed by atoms with Crippen LogP contribution < -0.4 is 15.4 Å². The number of amides is 2. The standard InChI is InChI=1S/C20H26N2O2/c1-13(2)15-9-8-10-16(14(3)4)19(15)22-20(23)21-17-11-6-7-12-18(17)24-5/h6-14H,1-5H3,(H2,21,22,23). The van der Waals surface area contributed by atoms with Crippen LogP contribution in [0.2, 0.25) is 0 Å². The summed E-state index contributed by atoms with van der Waals surface area (Å²) in [5.74, 6) is 1.28. The first-order valence-corrected chi connectivity index (χ1v) is 8.27. The van der Waals surface area contributed by atoms with Gasteiger partial charge in [0.05, 0.1) is 12.8 Å². The predicted molar refractivity (Wildman–Crippen MR) is 100 cm³/mol. The minimum atomic E-state index is -0.269. The Morgan fingerprint density at radius 2 is 1.46 bits per heavy atom. The Labute approximate surface area is 144 Å². The number of rotatable bonds is 5. The number of carbonyl (C=O) groups is 1. The lowest BCUT2D eigenvalue weighted by Crippen LogP contribution is -2.22. The third-order valence-electron chi connectivity index (χ3n) is 3.97. The molecule has 0 aliphatic rings. The first-order chi connectivity index (χ1) is 11.4. The lowest BCUT2D eigenvalue weighted by Gasteiger charge is -2.20. The number of ether oxygens (including phenoxy) is 1. The van der Waals surface area contributed by atoms with Crippen LogP contribution in [0.15, 0.2) is 42.5 Å². The maximum Gasteiger partial charge on any atom is 0.323 e. The highest BCUT2D eigenvalue weighted by Crippen LogP contribution is 2.32. The van der Waals surface area contributed by atoms with Crippen molar-refractivity contribution in [2.24, 2.45) is 0 Å². The van der Waals surface area contributed by atoms with Gasteiger partial charge in [0.15, 0.2) is 0 Å². The lowest BCUT2D eigenvalue weighted by atomic mass is 9.93. The summed E-state index contributed by atoms with van der Waals surface area (Å²) in [4.78, 5) is 12.5. The van der Waals surface area contributed by atoms with Crippen LogP contribution in [0.4, 0.5) is 16.2 Å². The van der Waals surface area contributed by atoms with Crippen molar-refractivity contribution in [3.8, 4) is 5.75 Å². The Kier molecular flexibility index (Phi) is 5.85. The van der Waals surface area contributed by atoms with Gasteiger partial charge in [-0.1, -0.05) is 58.0 Å². The van der Waals surface area contributed by atoms with Gasteiger partial charge in [0.2, 0.25) is 0 Å². The summed E-state index contributed by atoms with van der Waals surface area (Å²) >= 11 is 0. The van der Waals surface area contributed by atoms with E-state index in [-0.39, 0.29) is 6.03 Å². The van der Waals surface area contributed by atoms with E-state index >= 15 is 0 Å². The summed E-state index contributed by atoms with van der Waals surface area (Å²) in [6.07, 6.45) is 0. The molecule has 2 aromatic carbocycles. The highest BCUT2D eigenvalue weighted by molar-refractivity contribution is 6.01. The van der Waals surface area contributed by atoms with Gasteiger partial charge in [-0.05, 0) is 35.1 Å². The van der Waals surface area contributed by atoms with Crippen molar-refractivity contribution in [3.05, 3.63) is 53.6 Å². The van der Waals surface area contributed by atoms with Gasteiger partial charge in [-0.25, -0.2) is 4.79 Å². The van der Waals surface area contributed by atoms with Gasteiger partial charge in [0, 0.05) is 5.69 Å². The molecule has 2 rings (SSSR count). The average Bonchev–Trinajstić information content (AvgIpc) is 2.55. The summed E-state index contributed by atoms with van der Waals surface area (Å²) in [5, 5.41) is 5.90. The molecule has 0 radical (unpaired) electrons. The second-order valence-corrected chi connectivity index (χ2v) is 6.40. The minimum Gasteiger partial charge on any atom is -0.495 e. The van der Waals surface area contributed by atoms with E-state index in [1.165, 1.54) is 0 Å². The summed E-state index contributed by atoms with van der Waals surface area (Å²) in [6.45, 7) is 8.51. The van der Waals surface area contributed by atoms with Crippen LogP contribution in [0.1, 0.15) is 50.7 Å². The predicted octanol–water partition coefficient (Wildman–Crippen LogP) is 5.59. The molecule has 2 amide bonds. The molecule has 2 aromatic rings. The molecule has 0 saturated carbocycles. The van der Waals surface area contributed by atoms with Crippen LogP contribution in [0.5, 0.6) is 5.75 Å². The van der Waals surface area contributed by atoms with Crippen molar-refractivity contribution in [2.45, 2.75) is 39.5 Å². The van der Waals surface area contributed by atoms with E-state index in [4.69, 9.17) is 4.74 Å². The molecular weight excluding hydrogens is 300 g/mol. The lowest BCUT2D eigenvalue weighted by molar-refractivity contribution is 0.262. The number of hydrogen-bond donors (Lipinski definition) is 2. The fourth-order valence-electron chi connectivity index (χ4n) is 2.71. The summed E-state index contributed by atoms with van der Waals surface area (Å²) in [7, 11) is 1.59. The van der Waals surface area contributed by atoms with Crippen LogP contribution in [0.25, 0.3) is 0 Å². The van der Waals surface area contributed by atoms with Crippen molar-refractivity contribution in [3.63, 3.8) is 0 Å². The molecule has 0 aliphatic carbocycles. The highest BCUT2D eigenvalue weighted by Gasteiger charge is 2.16. The smallest absolute Gasteiger partial charge is 0.323 e. The summed E-state index contributed by atoms with van der Waals surface area (Å²) in [6, 6.07) is 13.3. The van der Waals surface area contributed by atoms with E-state index in [0.29, 0.717) is 23.3 Å².